The van der Waals surface area contributed by atoms with E-state index in [0.717, 1.165) is 0 Å². The Morgan fingerprint density at radius 1 is 1.26 bits per heavy atom. The first kappa shape index (κ1) is 14.7. The predicted octanol–water partition coefficient (Wildman–Crippen LogP) is 0.768. The van der Waals surface area contributed by atoms with Gasteiger partial charge in [0, 0.05) is 0 Å². The molecule has 0 aliphatic carbocycles. The van der Waals surface area contributed by atoms with E-state index in [1.807, 2.05) is 12.1 Å². The number of carbonyl (C=O) groups is 1. The molecule has 0 saturated carbocycles. The van der Waals surface area contributed by atoms with Gasteiger partial charge in [-0.25, -0.2) is 4.63 Å². The minimum Gasteiger partial charge on any atom is -0.472 e. The Morgan fingerprint density at radius 2 is 2.04 bits per heavy atom. The molecule has 0 spiro atoms. The minimum atomic E-state index is -0.215. The monoisotopic (exact) mass is 314 g/mol. The zero-order valence-corrected chi connectivity index (χ0v) is 12.3. The molecule has 23 heavy (non-hydrogen) atoms. The van der Waals surface area contributed by atoms with Crippen molar-refractivity contribution in [2.75, 3.05) is 13.2 Å². The highest BCUT2D eigenvalue weighted by atomic mass is 16.6. The lowest BCUT2D eigenvalue weighted by molar-refractivity contribution is 0.0946. The number of nitrogens with zero attached hydrogens (tertiary/aromatic N) is 5. The highest BCUT2D eigenvalue weighted by molar-refractivity contribution is 5.97. The van der Waals surface area contributed by atoms with Gasteiger partial charge in [0.25, 0.3) is 11.8 Å². The standard InChI is InChI=1S/C14H14N6O3/c1-10-14(19-23-18-10)22-7-6-15-13(21)11-4-2-3-5-12(11)20-8-16-17-9-20/h2-5,8-9H,6-7H2,1H3,(H,15,21). The van der Waals surface area contributed by atoms with E-state index >= 15 is 0 Å². The molecule has 3 rings (SSSR count). The summed E-state index contributed by atoms with van der Waals surface area (Å²) in [5.41, 5.74) is 1.79. The number of carbonyl (C=O) groups excluding carboxylic acids is 1. The van der Waals surface area contributed by atoms with Crippen LogP contribution in [0.25, 0.3) is 5.69 Å². The molecule has 0 bridgehead atoms. The maximum absolute atomic E-state index is 12.3. The number of para-hydroxylation sites is 1. The molecule has 118 valence electrons. The van der Waals surface area contributed by atoms with Gasteiger partial charge in [0.2, 0.25) is 0 Å². The number of hydrogen-bond acceptors (Lipinski definition) is 7. The second-order valence-corrected chi connectivity index (χ2v) is 4.65. The van der Waals surface area contributed by atoms with Gasteiger partial charge in [-0.2, -0.15) is 0 Å². The average Bonchev–Trinajstić information content (AvgIpc) is 3.23. The average molecular weight is 314 g/mol. The maximum atomic E-state index is 12.3. The fourth-order valence-corrected chi connectivity index (χ4v) is 1.98. The summed E-state index contributed by atoms with van der Waals surface area (Å²) in [4.78, 5) is 12.3. The normalized spacial score (nSPS) is 10.5. The van der Waals surface area contributed by atoms with Crippen LogP contribution >= 0.6 is 0 Å². The molecule has 0 aliphatic heterocycles. The second-order valence-electron chi connectivity index (χ2n) is 4.65. The van der Waals surface area contributed by atoms with Crippen LogP contribution in [0.2, 0.25) is 0 Å². The van der Waals surface area contributed by atoms with Crippen molar-refractivity contribution in [3.05, 3.63) is 48.2 Å². The van der Waals surface area contributed by atoms with Gasteiger partial charge < -0.3 is 10.1 Å². The molecule has 0 atom stereocenters. The summed E-state index contributed by atoms with van der Waals surface area (Å²) < 4.78 is 11.6. The first-order valence-corrected chi connectivity index (χ1v) is 6.90. The van der Waals surface area contributed by atoms with Crippen molar-refractivity contribution in [1.29, 1.82) is 0 Å². The van der Waals surface area contributed by atoms with E-state index in [2.05, 4.69) is 30.5 Å². The SMILES string of the molecule is Cc1nonc1OCCNC(=O)c1ccccc1-n1cnnc1. The minimum absolute atomic E-state index is 0.215. The van der Waals surface area contributed by atoms with Crippen LogP contribution in [-0.4, -0.2) is 44.1 Å². The van der Waals surface area contributed by atoms with Gasteiger partial charge in [-0.05, 0) is 24.2 Å². The van der Waals surface area contributed by atoms with Crippen LogP contribution in [0.1, 0.15) is 16.1 Å². The van der Waals surface area contributed by atoms with Gasteiger partial charge in [-0.1, -0.05) is 17.3 Å². The molecule has 0 aliphatic rings. The smallest absolute Gasteiger partial charge is 0.278 e. The molecule has 0 radical (unpaired) electrons. The lowest BCUT2D eigenvalue weighted by atomic mass is 10.1. The summed E-state index contributed by atoms with van der Waals surface area (Å²) in [6.07, 6.45) is 3.07. The summed E-state index contributed by atoms with van der Waals surface area (Å²) in [6.45, 7) is 2.30. The van der Waals surface area contributed by atoms with Crippen molar-refractivity contribution >= 4 is 5.91 Å². The van der Waals surface area contributed by atoms with Crippen molar-refractivity contribution in [3.8, 4) is 11.6 Å². The number of ether oxygens (including phenoxy) is 1. The Hall–Kier alpha value is -3.23. The van der Waals surface area contributed by atoms with Crippen LogP contribution in [0.5, 0.6) is 5.88 Å². The molecule has 1 aromatic carbocycles. The molecule has 2 heterocycles. The summed E-state index contributed by atoms with van der Waals surface area (Å²) >= 11 is 0. The van der Waals surface area contributed by atoms with Crippen LogP contribution in [0.4, 0.5) is 0 Å². The van der Waals surface area contributed by atoms with E-state index in [0.29, 0.717) is 29.4 Å². The maximum Gasteiger partial charge on any atom is 0.278 e. The second kappa shape index (κ2) is 6.69. The van der Waals surface area contributed by atoms with Crippen LogP contribution in [0, 0.1) is 6.92 Å². The molecule has 0 unspecified atom stereocenters. The fourth-order valence-electron chi connectivity index (χ4n) is 1.98. The van der Waals surface area contributed by atoms with Crippen molar-refractivity contribution in [2.24, 2.45) is 0 Å². The molecule has 0 saturated heterocycles. The van der Waals surface area contributed by atoms with E-state index in [4.69, 9.17) is 4.74 Å². The van der Waals surface area contributed by atoms with E-state index in [9.17, 15) is 4.79 Å². The van der Waals surface area contributed by atoms with Crippen molar-refractivity contribution in [1.82, 2.24) is 30.4 Å². The van der Waals surface area contributed by atoms with Crippen molar-refractivity contribution in [2.45, 2.75) is 6.92 Å². The van der Waals surface area contributed by atoms with E-state index in [1.54, 1.807) is 23.6 Å². The summed E-state index contributed by atoms with van der Waals surface area (Å²) in [7, 11) is 0. The molecule has 9 heteroatoms. The van der Waals surface area contributed by atoms with Crippen LogP contribution in [0.15, 0.2) is 41.5 Å². The first-order chi connectivity index (χ1) is 11.3. The third-order valence-corrected chi connectivity index (χ3v) is 3.08. The number of benzene rings is 1. The topological polar surface area (TPSA) is 108 Å². The lowest BCUT2D eigenvalue weighted by Crippen LogP contribution is -2.29. The van der Waals surface area contributed by atoms with Crippen LogP contribution in [0.3, 0.4) is 0 Å². The van der Waals surface area contributed by atoms with Gasteiger partial charge in [-0.3, -0.25) is 9.36 Å². The number of aromatic nitrogens is 5. The number of rotatable bonds is 6. The number of hydrogen-bond donors (Lipinski definition) is 1. The van der Waals surface area contributed by atoms with Gasteiger partial charge in [0.05, 0.1) is 17.8 Å². The van der Waals surface area contributed by atoms with E-state index < -0.39 is 0 Å². The van der Waals surface area contributed by atoms with Crippen LogP contribution < -0.4 is 10.1 Å². The third kappa shape index (κ3) is 3.34. The summed E-state index contributed by atoms with van der Waals surface area (Å²) in [5, 5.41) is 17.5. The lowest BCUT2D eigenvalue weighted by Gasteiger charge is -2.10. The van der Waals surface area contributed by atoms with E-state index in [-0.39, 0.29) is 12.5 Å². The number of nitrogens with one attached hydrogen (secondary N) is 1. The molecule has 1 N–H and O–H groups in total. The van der Waals surface area contributed by atoms with Gasteiger partial charge >= 0.3 is 0 Å². The Bertz CT molecular complexity index is 783. The molecule has 3 aromatic rings. The molecule has 9 nitrogen and oxygen atoms in total. The Kier molecular flexibility index (Phi) is 4.27. The van der Waals surface area contributed by atoms with Gasteiger partial charge in [-0.15, -0.1) is 10.2 Å². The Morgan fingerprint density at radius 3 is 2.78 bits per heavy atom. The Balaban J connectivity index is 1.60. The molecular weight excluding hydrogens is 300 g/mol. The fraction of sp³-hybridized carbons (Fsp3) is 0.214. The third-order valence-electron chi connectivity index (χ3n) is 3.08. The summed E-state index contributed by atoms with van der Waals surface area (Å²) in [5.74, 6) is 0.108. The number of amides is 1. The van der Waals surface area contributed by atoms with Crippen LogP contribution in [-0.2, 0) is 0 Å². The van der Waals surface area contributed by atoms with Gasteiger partial charge in [0.1, 0.15) is 25.0 Å². The van der Waals surface area contributed by atoms with Crippen molar-refractivity contribution < 1.29 is 14.2 Å². The molecular formula is C14H14N6O3. The number of aryl methyl sites for hydroxylation is 1. The highest BCUT2D eigenvalue weighted by Crippen LogP contribution is 2.13. The Labute approximate surface area is 131 Å². The zero-order chi connectivity index (χ0) is 16.1. The van der Waals surface area contributed by atoms with Crippen molar-refractivity contribution in [3.63, 3.8) is 0 Å². The molecule has 2 aromatic heterocycles. The largest absolute Gasteiger partial charge is 0.472 e. The van der Waals surface area contributed by atoms with E-state index in [1.165, 1.54) is 12.7 Å². The highest BCUT2D eigenvalue weighted by Gasteiger charge is 2.12. The quantitative estimate of drug-likeness (QED) is 0.669. The predicted molar refractivity (Wildman–Crippen MR) is 78.2 cm³/mol. The first-order valence-electron chi connectivity index (χ1n) is 6.90. The molecule has 0 fully saturated rings. The summed E-state index contributed by atoms with van der Waals surface area (Å²) in [6, 6.07) is 7.19. The zero-order valence-electron chi connectivity index (χ0n) is 12.3. The van der Waals surface area contributed by atoms with Gasteiger partial charge in [0.15, 0.2) is 0 Å². The molecule has 1 amide bonds.